The van der Waals surface area contributed by atoms with Crippen LogP contribution in [0.25, 0.3) is 22.0 Å². The third-order valence-electron chi connectivity index (χ3n) is 8.52. The minimum Gasteiger partial charge on any atom is -0.340 e. The average molecular weight is 518 g/mol. The maximum Gasteiger partial charge on any atom is 0.260 e. The van der Waals surface area contributed by atoms with Gasteiger partial charge in [-0.3, -0.25) is 19.2 Å². The molecule has 3 aliphatic rings. The number of aromatic nitrogens is 2. The molecule has 4 aromatic rings. The second-order valence-electron chi connectivity index (χ2n) is 11.2. The summed E-state index contributed by atoms with van der Waals surface area (Å²) < 4.78 is 1.87. The summed E-state index contributed by atoms with van der Waals surface area (Å²) in [6.07, 6.45) is 4.62. The highest BCUT2D eigenvalue weighted by atomic mass is 16.2. The quantitative estimate of drug-likeness (QED) is 0.383. The van der Waals surface area contributed by atoms with E-state index in [1.54, 1.807) is 0 Å². The van der Waals surface area contributed by atoms with Crippen molar-refractivity contribution in [1.82, 2.24) is 19.6 Å². The van der Waals surface area contributed by atoms with Crippen molar-refractivity contribution < 1.29 is 9.59 Å². The van der Waals surface area contributed by atoms with Gasteiger partial charge in [0, 0.05) is 37.0 Å². The number of carbonyl (C=O) groups excluding carboxylic acids is 2. The van der Waals surface area contributed by atoms with Crippen LogP contribution in [0.15, 0.2) is 84.0 Å². The van der Waals surface area contributed by atoms with Gasteiger partial charge in [-0.15, -0.1) is 0 Å². The standard InChI is InChI=1S/C32H31N5O2/c1-32(26-6-4-3-5-7-26)31(39)37(27-16-17-36(20-27)30(38)23-12-13-23)29(34-32)22-10-8-21(9-11-22)24-14-15-28-25(18-24)19-33-35(28)2/h3-11,14-15,18-19,23,27H,12-13,16-17,20H2,1-2H3/t27-,32?/m1/s1. The van der Waals surface area contributed by atoms with E-state index >= 15 is 0 Å². The molecule has 0 radical (unpaired) electrons. The van der Waals surface area contributed by atoms with E-state index in [4.69, 9.17) is 4.99 Å². The Morgan fingerprint density at radius 1 is 0.923 bits per heavy atom. The second kappa shape index (κ2) is 8.90. The third-order valence-corrected chi connectivity index (χ3v) is 8.52. The second-order valence-corrected chi connectivity index (χ2v) is 11.2. The highest BCUT2D eigenvalue weighted by molar-refractivity contribution is 6.15. The number of hydrogen-bond donors (Lipinski definition) is 0. The molecular formula is C32H31N5O2. The predicted molar refractivity (Wildman–Crippen MR) is 151 cm³/mol. The molecule has 2 fully saturated rings. The number of fused-ring (bicyclic) bond motifs is 1. The third kappa shape index (κ3) is 3.95. The molecule has 0 spiro atoms. The maximum absolute atomic E-state index is 14.1. The molecule has 3 aromatic carbocycles. The molecule has 7 nitrogen and oxygen atoms in total. The number of amidine groups is 1. The number of amides is 2. The van der Waals surface area contributed by atoms with E-state index in [-0.39, 0.29) is 23.8 Å². The first kappa shape index (κ1) is 23.8. The van der Waals surface area contributed by atoms with E-state index in [2.05, 4.69) is 47.6 Å². The zero-order valence-electron chi connectivity index (χ0n) is 22.2. The summed E-state index contributed by atoms with van der Waals surface area (Å²) in [4.78, 5) is 35.9. The Morgan fingerprint density at radius 3 is 2.38 bits per heavy atom. The molecular weight excluding hydrogens is 486 g/mol. The van der Waals surface area contributed by atoms with Gasteiger partial charge in [-0.1, -0.05) is 60.7 Å². The lowest BCUT2D eigenvalue weighted by Gasteiger charge is -2.28. The van der Waals surface area contributed by atoms with Gasteiger partial charge >= 0.3 is 0 Å². The SMILES string of the molecule is Cn1ncc2cc(-c3ccc(C4=NC(C)(c5ccccc5)C(=O)N4[C@@H]4CCN(C(=O)C5CC5)C4)cc3)ccc21. The molecule has 2 aliphatic heterocycles. The molecule has 7 rings (SSSR count). The molecule has 1 unspecified atom stereocenters. The average Bonchev–Trinajstić information content (AvgIpc) is 3.50. The Morgan fingerprint density at radius 2 is 1.64 bits per heavy atom. The summed E-state index contributed by atoms with van der Waals surface area (Å²) >= 11 is 0. The van der Waals surface area contributed by atoms with E-state index < -0.39 is 5.54 Å². The number of carbonyl (C=O) groups is 2. The molecule has 1 saturated heterocycles. The number of aliphatic imine (C=N–C) groups is 1. The van der Waals surface area contributed by atoms with Crippen molar-refractivity contribution in [3.63, 3.8) is 0 Å². The Labute approximate surface area is 227 Å². The minimum absolute atomic E-state index is 0.0273. The minimum atomic E-state index is -1.01. The highest BCUT2D eigenvalue weighted by Crippen LogP contribution is 2.39. The molecule has 196 valence electrons. The van der Waals surface area contributed by atoms with E-state index in [9.17, 15) is 9.59 Å². The lowest BCUT2D eigenvalue weighted by molar-refractivity contribution is -0.134. The van der Waals surface area contributed by atoms with Gasteiger partial charge in [-0.25, -0.2) is 4.99 Å². The first-order chi connectivity index (χ1) is 18.9. The van der Waals surface area contributed by atoms with Crippen LogP contribution in [0.5, 0.6) is 0 Å². The van der Waals surface area contributed by atoms with Crippen LogP contribution in [-0.4, -0.2) is 56.4 Å². The van der Waals surface area contributed by atoms with Crippen LogP contribution in [0.1, 0.15) is 37.3 Å². The molecule has 39 heavy (non-hydrogen) atoms. The van der Waals surface area contributed by atoms with Gasteiger partial charge in [-0.05, 0) is 55.0 Å². The van der Waals surface area contributed by atoms with Crippen molar-refractivity contribution in [2.45, 2.75) is 37.8 Å². The summed E-state index contributed by atoms with van der Waals surface area (Å²) in [5.41, 5.74) is 4.07. The molecule has 1 saturated carbocycles. The van der Waals surface area contributed by atoms with Gasteiger partial charge in [0.15, 0.2) is 5.54 Å². The van der Waals surface area contributed by atoms with E-state index in [1.807, 2.05) is 65.0 Å². The van der Waals surface area contributed by atoms with E-state index in [1.165, 1.54) is 0 Å². The van der Waals surface area contributed by atoms with Gasteiger partial charge < -0.3 is 4.90 Å². The smallest absolute Gasteiger partial charge is 0.260 e. The fraction of sp³-hybridized carbons (Fsp3) is 0.312. The van der Waals surface area contributed by atoms with Gasteiger partial charge in [0.2, 0.25) is 5.91 Å². The van der Waals surface area contributed by atoms with Crippen LogP contribution >= 0.6 is 0 Å². The fourth-order valence-corrected chi connectivity index (χ4v) is 6.03. The zero-order valence-corrected chi connectivity index (χ0v) is 22.2. The van der Waals surface area contributed by atoms with Crippen molar-refractivity contribution in [2.75, 3.05) is 13.1 Å². The molecule has 0 N–H and O–H groups in total. The first-order valence-electron chi connectivity index (χ1n) is 13.7. The zero-order chi connectivity index (χ0) is 26.7. The first-order valence-corrected chi connectivity index (χ1v) is 13.7. The van der Waals surface area contributed by atoms with Crippen LogP contribution in [0.3, 0.4) is 0 Å². The fourth-order valence-electron chi connectivity index (χ4n) is 6.03. The van der Waals surface area contributed by atoms with Gasteiger partial charge in [0.1, 0.15) is 5.84 Å². The summed E-state index contributed by atoms with van der Waals surface area (Å²) in [5, 5.41) is 5.46. The number of nitrogens with zero attached hydrogens (tertiary/aromatic N) is 5. The molecule has 2 amide bonds. The lowest BCUT2D eigenvalue weighted by atomic mass is 9.92. The number of benzene rings is 3. The topological polar surface area (TPSA) is 70.8 Å². The van der Waals surface area contributed by atoms with Crippen LogP contribution < -0.4 is 0 Å². The largest absolute Gasteiger partial charge is 0.340 e. The molecule has 2 atom stereocenters. The highest BCUT2D eigenvalue weighted by Gasteiger charge is 2.50. The summed E-state index contributed by atoms with van der Waals surface area (Å²) in [6, 6.07) is 24.4. The molecule has 1 aromatic heterocycles. The van der Waals surface area contributed by atoms with Crippen LogP contribution in [-0.2, 0) is 22.2 Å². The maximum atomic E-state index is 14.1. The van der Waals surface area contributed by atoms with Crippen molar-refractivity contribution >= 4 is 28.6 Å². The van der Waals surface area contributed by atoms with E-state index in [0.29, 0.717) is 18.9 Å². The lowest BCUT2D eigenvalue weighted by Crippen LogP contribution is -2.47. The number of aryl methyl sites for hydroxylation is 1. The van der Waals surface area contributed by atoms with Crippen LogP contribution in [0.4, 0.5) is 0 Å². The van der Waals surface area contributed by atoms with E-state index in [0.717, 1.165) is 52.4 Å². The summed E-state index contributed by atoms with van der Waals surface area (Å²) in [6.45, 7) is 3.16. The van der Waals surface area contributed by atoms with Crippen molar-refractivity contribution in [3.8, 4) is 11.1 Å². The Kier molecular flexibility index (Phi) is 5.44. The Hall–Kier alpha value is -4.26. The van der Waals surface area contributed by atoms with Crippen LogP contribution in [0.2, 0.25) is 0 Å². The number of rotatable bonds is 5. The van der Waals surface area contributed by atoms with Gasteiger partial charge in [0.05, 0.1) is 17.8 Å². The summed E-state index contributed by atoms with van der Waals surface area (Å²) in [5.74, 6) is 1.08. The summed E-state index contributed by atoms with van der Waals surface area (Å²) in [7, 11) is 1.95. The molecule has 1 aliphatic carbocycles. The number of likely N-dealkylation sites (tertiary alicyclic amines) is 1. The molecule has 7 heteroatoms. The van der Waals surface area contributed by atoms with Crippen molar-refractivity contribution in [3.05, 3.63) is 90.1 Å². The van der Waals surface area contributed by atoms with Crippen molar-refractivity contribution in [2.24, 2.45) is 18.0 Å². The normalized spacial score (nSPS) is 23.1. The number of hydrogen-bond acceptors (Lipinski definition) is 4. The predicted octanol–water partition coefficient (Wildman–Crippen LogP) is 4.76. The molecule has 0 bridgehead atoms. The Balaban J connectivity index is 1.24. The Bertz CT molecular complexity index is 1620. The van der Waals surface area contributed by atoms with Gasteiger partial charge in [-0.2, -0.15) is 5.10 Å². The van der Waals surface area contributed by atoms with Crippen LogP contribution in [0, 0.1) is 5.92 Å². The van der Waals surface area contributed by atoms with Crippen molar-refractivity contribution in [1.29, 1.82) is 0 Å². The van der Waals surface area contributed by atoms with Gasteiger partial charge in [0.25, 0.3) is 5.91 Å². The molecule has 3 heterocycles. The monoisotopic (exact) mass is 517 g/mol.